The lowest BCUT2D eigenvalue weighted by Gasteiger charge is -2.34. The molecule has 0 unspecified atom stereocenters. The molecule has 0 bridgehead atoms. The second-order valence-corrected chi connectivity index (χ2v) is 8.48. The molecule has 2 amide bonds. The van der Waals surface area contributed by atoms with E-state index in [1.54, 1.807) is 11.1 Å². The Morgan fingerprint density at radius 1 is 1.30 bits per heavy atom. The molecule has 2 atom stereocenters. The van der Waals surface area contributed by atoms with Gasteiger partial charge in [-0.15, -0.1) is 0 Å². The highest BCUT2D eigenvalue weighted by Gasteiger charge is 2.36. The third-order valence-electron chi connectivity index (χ3n) is 6.59. The highest BCUT2D eigenvalue weighted by atomic mass is 16.2. The highest BCUT2D eigenvalue weighted by molar-refractivity contribution is 5.96. The van der Waals surface area contributed by atoms with Crippen molar-refractivity contribution < 1.29 is 9.59 Å². The van der Waals surface area contributed by atoms with Crippen LogP contribution in [0.1, 0.15) is 49.0 Å². The predicted octanol–water partition coefficient (Wildman–Crippen LogP) is 1.70. The number of nitriles is 1. The smallest absolute Gasteiger partial charge is 0.270 e. The van der Waals surface area contributed by atoms with Gasteiger partial charge in [0.1, 0.15) is 11.7 Å². The summed E-state index contributed by atoms with van der Waals surface area (Å²) in [5, 5.41) is 13.3. The van der Waals surface area contributed by atoms with Crippen LogP contribution in [-0.2, 0) is 11.8 Å². The Kier molecular flexibility index (Phi) is 5.73. The number of hydrogen-bond acceptors (Lipinski definition) is 5. The van der Waals surface area contributed by atoms with Gasteiger partial charge in [0, 0.05) is 31.2 Å². The van der Waals surface area contributed by atoms with Gasteiger partial charge < -0.3 is 20.5 Å². The van der Waals surface area contributed by atoms with Crippen molar-refractivity contribution in [2.24, 2.45) is 18.7 Å². The molecule has 0 spiro atoms. The molecule has 30 heavy (non-hydrogen) atoms. The van der Waals surface area contributed by atoms with E-state index in [4.69, 9.17) is 5.73 Å². The fourth-order valence-electron chi connectivity index (χ4n) is 4.73. The number of fused-ring (bicyclic) bond motifs is 1. The minimum Gasteiger partial charge on any atom is -0.349 e. The first-order chi connectivity index (χ1) is 14.5. The van der Waals surface area contributed by atoms with Crippen molar-refractivity contribution in [1.29, 1.82) is 5.26 Å². The van der Waals surface area contributed by atoms with E-state index >= 15 is 0 Å². The van der Waals surface area contributed by atoms with Gasteiger partial charge in [-0.25, -0.2) is 4.98 Å². The third kappa shape index (κ3) is 3.90. The molecular formula is C22H28N6O2. The molecular weight excluding hydrogens is 380 g/mol. The molecule has 0 radical (unpaired) electrons. The molecule has 158 valence electrons. The minimum absolute atomic E-state index is 0.0583. The van der Waals surface area contributed by atoms with E-state index in [9.17, 15) is 14.9 Å². The summed E-state index contributed by atoms with van der Waals surface area (Å²) < 4.78 is 1.97. The largest absolute Gasteiger partial charge is 0.349 e. The zero-order chi connectivity index (χ0) is 21.3. The zero-order valence-electron chi connectivity index (χ0n) is 17.3. The fourth-order valence-corrected chi connectivity index (χ4v) is 4.73. The summed E-state index contributed by atoms with van der Waals surface area (Å²) in [5.74, 6) is -0.185. The summed E-state index contributed by atoms with van der Waals surface area (Å²) in [6.07, 6.45) is 8.40. The van der Waals surface area contributed by atoms with Crippen molar-refractivity contribution in [2.45, 2.75) is 56.7 Å². The van der Waals surface area contributed by atoms with Crippen LogP contribution in [0.3, 0.4) is 0 Å². The Bertz CT molecular complexity index is 985. The lowest BCUT2D eigenvalue weighted by Crippen LogP contribution is -2.50. The standard InChI is InChI=1S/C22H28N6O2/c1-27-10-8-15-11-18(25-13-19(15)27)21(29)26-16-6-4-14(5-7-16)20(24)22(30)28-9-2-3-17(28)12-23/h8,10-11,13-14,16-17,20H,2-7,9,24H2,1H3,(H,26,29)/t14?,16?,17-,20-/m0/s1. The Balaban J connectivity index is 1.31. The molecule has 3 heterocycles. The fraction of sp³-hybridized carbons (Fsp3) is 0.545. The van der Waals surface area contributed by atoms with E-state index in [0.29, 0.717) is 12.2 Å². The maximum Gasteiger partial charge on any atom is 0.270 e. The number of carbonyl (C=O) groups excluding carboxylic acids is 2. The summed E-state index contributed by atoms with van der Waals surface area (Å²) in [6, 6.07) is 5.13. The highest BCUT2D eigenvalue weighted by Crippen LogP contribution is 2.29. The molecule has 2 aromatic heterocycles. The number of aromatic nitrogens is 2. The van der Waals surface area contributed by atoms with Gasteiger partial charge in [-0.1, -0.05) is 0 Å². The number of nitrogens with two attached hydrogens (primary N) is 1. The quantitative estimate of drug-likeness (QED) is 0.799. The number of aryl methyl sites for hydroxylation is 1. The van der Waals surface area contributed by atoms with Crippen LogP contribution >= 0.6 is 0 Å². The van der Waals surface area contributed by atoms with Crippen molar-refractivity contribution in [2.75, 3.05) is 6.54 Å². The Labute approximate surface area is 176 Å². The molecule has 8 nitrogen and oxygen atoms in total. The van der Waals surface area contributed by atoms with Gasteiger partial charge in [0.2, 0.25) is 5.91 Å². The number of likely N-dealkylation sites (tertiary alicyclic amines) is 1. The van der Waals surface area contributed by atoms with Crippen LogP contribution in [0.15, 0.2) is 24.5 Å². The Morgan fingerprint density at radius 3 is 2.80 bits per heavy atom. The third-order valence-corrected chi connectivity index (χ3v) is 6.59. The number of nitrogens with zero attached hydrogens (tertiary/aromatic N) is 4. The van der Waals surface area contributed by atoms with Gasteiger partial charge in [-0.3, -0.25) is 9.59 Å². The second-order valence-electron chi connectivity index (χ2n) is 8.48. The Hall–Kier alpha value is -2.92. The molecule has 0 aromatic carbocycles. The van der Waals surface area contributed by atoms with Crippen LogP contribution in [0.2, 0.25) is 0 Å². The van der Waals surface area contributed by atoms with Crippen LogP contribution in [-0.4, -0.2) is 50.9 Å². The van der Waals surface area contributed by atoms with E-state index < -0.39 is 6.04 Å². The van der Waals surface area contributed by atoms with Gasteiger partial charge in [0.25, 0.3) is 5.91 Å². The molecule has 3 N–H and O–H groups in total. The lowest BCUT2D eigenvalue weighted by molar-refractivity contribution is -0.134. The molecule has 4 rings (SSSR count). The summed E-state index contributed by atoms with van der Waals surface area (Å²) >= 11 is 0. The van der Waals surface area contributed by atoms with Crippen LogP contribution in [0.4, 0.5) is 0 Å². The SMILES string of the molecule is Cn1ccc2cc(C(=O)NC3CCC([C@H](N)C(=O)N4CCC[C@H]4C#N)CC3)ncc21. The molecule has 1 aliphatic heterocycles. The molecule has 1 saturated heterocycles. The maximum absolute atomic E-state index is 12.7. The zero-order valence-corrected chi connectivity index (χ0v) is 17.3. The normalized spacial score (nSPS) is 25.1. The van der Waals surface area contributed by atoms with Crippen LogP contribution in [0.5, 0.6) is 0 Å². The van der Waals surface area contributed by atoms with Crippen molar-refractivity contribution in [3.05, 3.63) is 30.2 Å². The van der Waals surface area contributed by atoms with Crippen molar-refractivity contribution in [3.63, 3.8) is 0 Å². The first kappa shape index (κ1) is 20.4. The van der Waals surface area contributed by atoms with Gasteiger partial charge in [-0.05, 0) is 56.6 Å². The first-order valence-electron chi connectivity index (χ1n) is 10.7. The number of hydrogen-bond donors (Lipinski definition) is 2. The summed E-state index contributed by atoms with van der Waals surface area (Å²) in [4.78, 5) is 31.3. The molecule has 1 saturated carbocycles. The average Bonchev–Trinajstić information content (AvgIpc) is 3.39. The summed E-state index contributed by atoms with van der Waals surface area (Å²) in [6.45, 7) is 0.620. The Morgan fingerprint density at radius 2 is 2.07 bits per heavy atom. The monoisotopic (exact) mass is 408 g/mol. The number of pyridine rings is 1. The van der Waals surface area contributed by atoms with E-state index in [1.165, 1.54) is 0 Å². The molecule has 2 fully saturated rings. The molecule has 8 heteroatoms. The summed E-state index contributed by atoms with van der Waals surface area (Å²) in [7, 11) is 1.95. The minimum atomic E-state index is -0.572. The maximum atomic E-state index is 12.7. The predicted molar refractivity (Wildman–Crippen MR) is 112 cm³/mol. The van der Waals surface area contributed by atoms with Gasteiger partial charge >= 0.3 is 0 Å². The van der Waals surface area contributed by atoms with Crippen LogP contribution in [0, 0.1) is 17.2 Å². The lowest BCUT2D eigenvalue weighted by atomic mass is 9.81. The first-order valence-corrected chi connectivity index (χ1v) is 10.7. The second kappa shape index (κ2) is 8.44. The summed E-state index contributed by atoms with van der Waals surface area (Å²) in [5.41, 5.74) is 7.69. The number of carbonyl (C=O) groups is 2. The van der Waals surface area contributed by atoms with Gasteiger partial charge in [0.15, 0.2) is 0 Å². The van der Waals surface area contributed by atoms with E-state index in [0.717, 1.165) is 49.4 Å². The van der Waals surface area contributed by atoms with E-state index in [1.807, 2.05) is 29.9 Å². The number of rotatable bonds is 4. The molecule has 2 aromatic rings. The number of nitrogens with one attached hydrogen (secondary N) is 1. The van der Waals surface area contributed by atoms with Gasteiger partial charge in [0.05, 0.1) is 23.8 Å². The van der Waals surface area contributed by atoms with Crippen LogP contribution in [0.25, 0.3) is 10.9 Å². The molecule has 2 aliphatic rings. The van der Waals surface area contributed by atoms with Crippen molar-refractivity contribution in [1.82, 2.24) is 19.8 Å². The molecule has 1 aliphatic carbocycles. The topological polar surface area (TPSA) is 117 Å². The van der Waals surface area contributed by atoms with Gasteiger partial charge in [-0.2, -0.15) is 5.26 Å². The van der Waals surface area contributed by atoms with Crippen LogP contribution < -0.4 is 11.1 Å². The van der Waals surface area contributed by atoms with E-state index in [-0.39, 0.29) is 29.8 Å². The average molecular weight is 409 g/mol. The van der Waals surface area contributed by atoms with Crippen molar-refractivity contribution >= 4 is 22.7 Å². The number of amides is 2. The van der Waals surface area contributed by atoms with Crippen molar-refractivity contribution in [3.8, 4) is 6.07 Å². The van der Waals surface area contributed by atoms with E-state index in [2.05, 4.69) is 16.4 Å².